The third-order valence-electron chi connectivity index (χ3n) is 5.84. The lowest BCUT2D eigenvalue weighted by atomic mass is 9.79. The van der Waals surface area contributed by atoms with Crippen molar-refractivity contribution in [2.75, 3.05) is 13.7 Å². The number of hydrogen-bond acceptors (Lipinski definition) is 4. The van der Waals surface area contributed by atoms with Gasteiger partial charge in [-0.25, -0.2) is 0 Å². The number of rotatable bonds is 6. The van der Waals surface area contributed by atoms with Gasteiger partial charge in [-0.15, -0.1) is 0 Å². The fourth-order valence-electron chi connectivity index (χ4n) is 4.18. The van der Waals surface area contributed by atoms with Gasteiger partial charge in [-0.3, -0.25) is 14.9 Å². The van der Waals surface area contributed by atoms with Crippen molar-refractivity contribution in [2.45, 2.75) is 31.6 Å². The molecule has 2 heterocycles. The summed E-state index contributed by atoms with van der Waals surface area (Å²) >= 11 is 0. The highest BCUT2D eigenvalue weighted by Gasteiger charge is 2.24. The Morgan fingerprint density at radius 1 is 1.14 bits per heavy atom. The summed E-state index contributed by atoms with van der Waals surface area (Å²) in [6.45, 7) is 0.693. The van der Waals surface area contributed by atoms with Gasteiger partial charge in [-0.05, 0) is 67.3 Å². The Bertz CT molecular complexity index is 946. The molecule has 0 atom stereocenters. The summed E-state index contributed by atoms with van der Waals surface area (Å²) in [5, 5.41) is 10.1. The second kappa shape index (κ2) is 8.90. The molecule has 3 aromatic rings. The average molecular weight is 390 g/mol. The van der Waals surface area contributed by atoms with Gasteiger partial charge in [0.1, 0.15) is 5.75 Å². The summed E-state index contributed by atoms with van der Waals surface area (Å²) in [7, 11) is 1.62. The number of methoxy groups -OCH3 is 1. The molecule has 0 aliphatic heterocycles. The topological polar surface area (TPSA) is 79.9 Å². The molecule has 0 spiro atoms. The molecule has 0 radical (unpaired) electrons. The number of ether oxygens (including phenoxy) is 1. The quantitative estimate of drug-likeness (QED) is 0.662. The van der Waals surface area contributed by atoms with Crippen molar-refractivity contribution in [3.8, 4) is 17.0 Å². The van der Waals surface area contributed by atoms with Crippen LogP contribution >= 0.6 is 0 Å². The third-order valence-corrected chi connectivity index (χ3v) is 5.84. The first-order valence-electron chi connectivity index (χ1n) is 10.1. The predicted molar refractivity (Wildman–Crippen MR) is 112 cm³/mol. The second-order valence-electron chi connectivity index (χ2n) is 7.57. The molecule has 1 aliphatic carbocycles. The van der Waals surface area contributed by atoms with Crippen LogP contribution in [0.4, 0.5) is 0 Å². The van der Waals surface area contributed by atoms with Crippen molar-refractivity contribution < 1.29 is 9.53 Å². The third kappa shape index (κ3) is 4.31. The van der Waals surface area contributed by atoms with Crippen LogP contribution in [0.15, 0.2) is 55.0 Å². The van der Waals surface area contributed by atoms with Crippen molar-refractivity contribution >= 4 is 5.91 Å². The van der Waals surface area contributed by atoms with Gasteiger partial charge in [-0.2, -0.15) is 5.10 Å². The number of carbonyl (C=O) groups is 1. The minimum absolute atomic E-state index is 0.101. The molecule has 29 heavy (non-hydrogen) atoms. The molecule has 1 aliphatic rings. The van der Waals surface area contributed by atoms with Gasteiger partial charge in [0, 0.05) is 24.5 Å². The Labute approximate surface area is 170 Å². The molecule has 0 bridgehead atoms. The average Bonchev–Trinajstić information content (AvgIpc) is 3.28. The van der Waals surface area contributed by atoms with E-state index >= 15 is 0 Å². The number of hydrogen-bond donors (Lipinski definition) is 2. The molecule has 0 unspecified atom stereocenters. The molecule has 0 saturated heterocycles. The monoisotopic (exact) mass is 390 g/mol. The number of pyridine rings is 1. The van der Waals surface area contributed by atoms with Crippen LogP contribution in [0, 0.1) is 5.92 Å². The number of nitrogens with one attached hydrogen (secondary N) is 2. The normalized spacial score (nSPS) is 18.9. The highest BCUT2D eigenvalue weighted by Crippen LogP contribution is 2.35. The van der Waals surface area contributed by atoms with Gasteiger partial charge < -0.3 is 10.1 Å². The summed E-state index contributed by atoms with van der Waals surface area (Å²) < 4.78 is 5.42. The largest absolute Gasteiger partial charge is 0.496 e. The van der Waals surface area contributed by atoms with Gasteiger partial charge in [0.25, 0.3) is 5.91 Å². The van der Waals surface area contributed by atoms with E-state index in [4.69, 9.17) is 4.74 Å². The zero-order valence-electron chi connectivity index (χ0n) is 16.6. The van der Waals surface area contributed by atoms with E-state index in [0.29, 0.717) is 35.4 Å². The van der Waals surface area contributed by atoms with E-state index in [1.807, 2.05) is 36.7 Å². The summed E-state index contributed by atoms with van der Waals surface area (Å²) in [6.07, 6.45) is 9.87. The van der Waals surface area contributed by atoms with E-state index in [1.165, 1.54) is 5.56 Å². The van der Waals surface area contributed by atoms with Crippen LogP contribution in [-0.4, -0.2) is 34.7 Å². The van der Waals surface area contributed by atoms with Crippen molar-refractivity contribution in [3.05, 3.63) is 66.1 Å². The molecule has 1 saturated carbocycles. The lowest BCUT2D eigenvalue weighted by Crippen LogP contribution is -2.31. The van der Waals surface area contributed by atoms with Gasteiger partial charge >= 0.3 is 0 Å². The first-order valence-corrected chi connectivity index (χ1v) is 10.1. The predicted octanol–water partition coefficient (Wildman–Crippen LogP) is 4.18. The van der Waals surface area contributed by atoms with Crippen LogP contribution in [0.25, 0.3) is 11.3 Å². The van der Waals surface area contributed by atoms with E-state index < -0.39 is 0 Å². The maximum Gasteiger partial charge on any atom is 0.255 e. The molecule has 1 aromatic carbocycles. The first-order chi connectivity index (χ1) is 14.3. The molecule has 6 nitrogen and oxygen atoms in total. The van der Waals surface area contributed by atoms with Crippen LogP contribution in [0.3, 0.4) is 0 Å². The van der Waals surface area contributed by atoms with Gasteiger partial charge in [0.05, 0.1) is 24.6 Å². The van der Waals surface area contributed by atoms with Crippen molar-refractivity contribution in [1.29, 1.82) is 0 Å². The van der Waals surface area contributed by atoms with Crippen molar-refractivity contribution in [1.82, 2.24) is 20.5 Å². The lowest BCUT2D eigenvalue weighted by molar-refractivity contribution is 0.0943. The number of aromatic amines is 1. The number of aromatic nitrogens is 3. The highest BCUT2D eigenvalue weighted by molar-refractivity contribution is 6.00. The van der Waals surface area contributed by atoms with Crippen molar-refractivity contribution in [2.24, 2.45) is 5.92 Å². The minimum Gasteiger partial charge on any atom is -0.496 e. The maximum absolute atomic E-state index is 12.8. The first kappa shape index (κ1) is 19.2. The van der Waals surface area contributed by atoms with Crippen LogP contribution in [0.5, 0.6) is 5.75 Å². The van der Waals surface area contributed by atoms with Crippen molar-refractivity contribution in [3.63, 3.8) is 0 Å². The Morgan fingerprint density at radius 2 is 1.90 bits per heavy atom. The highest BCUT2D eigenvalue weighted by atomic mass is 16.5. The number of amides is 1. The molecule has 4 rings (SSSR count). The summed E-state index contributed by atoms with van der Waals surface area (Å²) in [6, 6.07) is 11.8. The number of para-hydroxylation sites is 1. The summed E-state index contributed by atoms with van der Waals surface area (Å²) in [5.41, 5.74) is 3.43. The number of carbonyl (C=O) groups excluding carboxylic acids is 1. The zero-order valence-corrected chi connectivity index (χ0v) is 16.6. The van der Waals surface area contributed by atoms with Gasteiger partial charge in [-0.1, -0.05) is 12.1 Å². The summed E-state index contributed by atoms with van der Waals surface area (Å²) in [4.78, 5) is 16.9. The van der Waals surface area contributed by atoms with E-state index in [9.17, 15) is 4.79 Å². The summed E-state index contributed by atoms with van der Waals surface area (Å²) in [5.74, 6) is 1.73. The van der Waals surface area contributed by atoms with E-state index in [0.717, 1.165) is 31.2 Å². The zero-order chi connectivity index (χ0) is 20.1. The lowest BCUT2D eigenvalue weighted by Gasteiger charge is -2.28. The Hall–Kier alpha value is -3.15. The Balaban J connectivity index is 1.35. The minimum atomic E-state index is -0.101. The SMILES string of the molecule is COc1ccccc1-c1[nH]ncc1C(=O)NCC1CCC(c2ccncc2)CC1. The van der Waals surface area contributed by atoms with Crippen LogP contribution in [0.1, 0.15) is 47.5 Å². The van der Waals surface area contributed by atoms with E-state index in [-0.39, 0.29) is 5.91 Å². The maximum atomic E-state index is 12.8. The second-order valence-corrected chi connectivity index (χ2v) is 7.57. The number of nitrogens with zero attached hydrogens (tertiary/aromatic N) is 2. The Kier molecular flexibility index (Phi) is 5.89. The Morgan fingerprint density at radius 3 is 2.66 bits per heavy atom. The smallest absolute Gasteiger partial charge is 0.255 e. The fraction of sp³-hybridized carbons (Fsp3) is 0.348. The van der Waals surface area contributed by atoms with Crippen LogP contribution < -0.4 is 10.1 Å². The van der Waals surface area contributed by atoms with Crippen LogP contribution in [0.2, 0.25) is 0 Å². The molecule has 2 N–H and O–H groups in total. The molecule has 1 fully saturated rings. The number of H-pyrrole nitrogens is 1. The molecule has 6 heteroatoms. The molecule has 150 valence electrons. The number of benzene rings is 1. The van der Waals surface area contributed by atoms with Crippen LogP contribution in [-0.2, 0) is 0 Å². The standard InChI is InChI=1S/C23H26N4O2/c1-29-21-5-3-2-4-19(21)22-20(15-26-27-22)23(28)25-14-16-6-8-17(9-7-16)18-10-12-24-13-11-18/h2-5,10-13,15-17H,6-9,14H2,1H3,(H,25,28)(H,26,27). The molecule has 1 amide bonds. The molecular weight excluding hydrogens is 364 g/mol. The van der Waals surface area contributed by atoms with Gasteiger partial charge in [0.15, 0.2) is 0 Å². The fourth-order valence-corrected chi connectivity index (χ4v) is 4.18. The van der Waals surface area contributed by atoms with Gasteiger partial charge in [0.2, 0.25) is 0 Å². The molecule has 2 aromatic heterocycles. The van der Waals surface area contributed by atoms with E-state index in [1.54, 1.807) is 13.3 Å². The van der Waals surface area contributed by atoms with E-state index in [2.05, 4.69) is 32.6 Å². The molecular formula is C23H26N4O2.